The van der Waals surface area contributed by atoms with E-state index in [0.29, 0.717) is 5.69 Å². The summed E-state index contributed by atoms with van der Waals surface area (Å²) in [6.45, 7) is 1.65. The quantitative estimate of drug-likeness (QED) is 0.771. The van der Waals surface area contributed by atoms with Crippen molar-refractivity contribution in [3.63, 3.8) is 0 Å². The lowest BCUT2D eigenvalue weighted by atomic mass is 9.94. The van der Waals surface area contributed by atoms with Crippen molar-refractivity contribution in [2.24, 2.45) is 5.92 Å². The van der Waals surface area contributed by atoms with Crippen LogP contribution in [-0.4, -0.2) is 23.9 Å². The zero-order valence-corrected chi connectivity index (χ0v) is 10.8. The fourth-order valence-corrected chi connectivity index (χ4v) is 2.02. The molecule has 1 aromatic carbocycles. The number of rotatable bonds is 3. The Morgan fingerprint density at radius 2 is 2.15 bits per heavy atom. The van der Waals surface area contributed by atoms with Crippen molar-refractivity contribution in [1.29, 1.82) is 0 Å². The molecular weight excluding hydrogens is 265 g/mol. The first-order chi connectivity index (χ1) is 9.45. The van der Waals surface area contributed by atoms with Crippen LogP contribution >= 0.6 is 0 Å². The molecule has 0 radical (unpaired) electrons. The third kappa shape index (κ3) is 3.31. The predicted octanol–water partition coefficient (Wildman–Crippen LogP) is 0.998. The standard InChI is InChI=1S/C13H14FN3O3/c1-7-10(12(19)17-13(20)15-7)6-11(18)16-9-4-2-3-8(14)5-9/h2-5,7,10H,6H2,1H3,(H,16,18)(H2,15,17,19,20). The number of halogens is 1. The monoisotopic (exact) mass is 279 g/mol. The SMILES string of the molecule is CC1NC(=O)NC(=O)C1CC(=O)Nc1cccc(F)c1. The molecular formula is C13H14FN3O3. The summed E-state index contributed by atoms with van der Waals surface area (Å²) in [5.41, 5.74) is 0.322. The average molecular weight is 279 g/mol. The molecule has 0 aromatic heterocycles. The molecule has 4 amide bonds. The average Bonchev–Trinajstić information content (AvgIpc) is 2.33. The highest BCUT2D eigenvalue weighted by atomic mass is 19.1. The first-order valence-electron chi connectivity index (χ1n) is 6.12. The van der Waals surface area contributed by atoms with Crippen LogP contribution in [0, 0.1) is 11.7 Å². The number of benzene rings is 1. The zero-order chi connectivity index (χ0) is 14.7. The Balaban J connectivity index is 1.97. The summed E-state index contributed by atoms with van der Waals surface area (Å²) < 4.78 is 13.0. The van der Waals surface area contributed by atoms with Gasteiger partial charge in [-0.2, -0.15) is 0 Å². The van der Waals surface area contributed by atoms with Crippen LogP contribution in [0.25, 0.3) is 0 Å². The van der Waals surface area contributed by atoms with Gasteiger partial charge in [0.05, 0.1) is 5.92 Å². The van der Waals surface area contributed by atoms with Crippen LogP contribution < -0.4 is 16.0 Å². The fourth-order valence-electron chi connectivity index (χ4n) is 2.02. The van der Waals surface area contributed by atoms with Crippen LogP contribution in [-0.2, 0) is 9.59 Å². The molecule has 6 nitrogen and oxygen atoms in total. The summed E-state index contributed by atoms with van der Waals surface area (Å²) in [5.74, 6) is -2.02. The van der Waals surface area contributed by atoms with Crippen molar-refractivity contribution in [1.82, 2.24) is 10.6 Å². The zero-order valence-electron chi connectivity index (χ0n) is 10.8. The molecule has 0 spiro atoms. The minimum absolute atomic E-state index is 0.0935. The molecule has 2 unspecified atom stereocenters. The normalized spacial score (nSPS) is 21.9. The number of urea groups is 1. The number of amides is 4. The summed E-state index contributed by atoms with van der Waals surface area (Å²) >= 11 is 0. The van der Waals surface area contributed by atoms with Gasteiger partial charge >= 0.3 is 6.03 Å². The van der Waals surface area contributed by atoms with Gasteiger partial charge in [-0.3, -0.25) is 14.9 Å². The third-order valence-electron chi connectivity index (χ3n) is 3.05. The number of carbonyl (C=O) groups is 3. The first kappa shape index (κ1) is 14.0. The highest BCUT2D eigenvalue weighted by molar-refractivity contribution is 6.01. The number of anilines is 1. The molecule has 20 heavy (non-hydrogen) atoms. The van der Waals surface area contributed by atoms with E-state index in [1.54, 1.807) is 13.0 Å². The Labute approximate surface area is 114 Å². The second-order valence-electron chi connectivity index (χ2n) is 4.62. The van der Waals surface area contributed by atoms with Crippen LogP contribution in [0.3, 0.4) is 0 Å². The molecule has 7 heteroatoms. The molecule has 1 aromatic rings. The minimum Gasteiger partial charge on any atom is -0.335 e. The highest BCUT2D eigenvalue weighted by Gasteiger charge is 2.34. The summed E-state index contributed by atoms with van der Waals surface area (Å²) in [6, 6.07) is 4.47. The van der Waals surface area contributed by atoms with Gasteiger partial charge in [0.2, 0.25) is 11.8 Å². The molecule has 0 saturated carbocycles. The van der Waals surface area contributed by atoms with E-state index in [1.165, 1.54) is 18.2 Å². The maximum Gasteiger partial charge on any atom is 0.321 e. The molecule has 1 saturated heterocycles. The summed E-state index contributed by atoms with van der Waals surface area (Å²) in [7, 11) is 0. The molecule has 2 atom stereocenters. The van der Waals surface area contributed by atoms with E-state index in [0.717, 1.165) is 0 Å². The van der Waals surface area contributed by atoms with E-state index in [1.807, 2.05) is 0 Å². The summed E-state index contributed by atoms with van der Waals surface area (Å²) in [5, 5.41) is 7.15. The Morgan fingerprint density at radius 1 is 1.40 bits per heavy atom. The van der Waals surface area contributed by atoms with Crippen LogP contribution in [0.5, 0.6) is 0 Å². The lowest BCUT2D eigenvalue weighted by Gasteiger charge is -2.28. The highest BCUT2D eigenvalue weighted by Crippen LogP contribution is 2.15. The Hall–Kier alpha value is -2.44. The van der Waals surface area contributed by atoms with E-state index >= 15 is 0 Å². The molecule has 1 fully saturated rings. The van der Waals surface area contributed by atoms with Crippen LogP contribution in [0.15, 0.2) is 24.3 Å². The molecule has 1 heterocycles. The van der Waals surface area contributed by atoms with Gasteiger partial charge in [-0.1, -0.05) is 6.07 Å². The van der Waals surface area contributed by atoms with Gasteiger partial charge in [0.1, 0.15) is 5.82 Å². The smallest absolute Gasteiger partial charge is 0.321 e. The minimum atomic E-state index is -0.652. The number of nitrogens with one attached hydrogen (secondary N) is 3. The largest absolute Gasteiger partial charge is 0.335 e. The molecule has 3 N–H and O–H groups in total. The van der Waals surface area contributed by atoms with E-state index in [2.05, 4.69) is 16.0 Å². The van der Waals surface area contributed by atoms with Gasteiger partial charge < -0.3 is 10.6 Å². The van der Waals surface area contributed by atoms with Crippen LogP contribution in [0.1, 0.15) is 13.3 Å². The van der Waals surface area contributed by atoms with Crippen molar-refractivity contribution in [2.45, 2.75) is 19.4 Å². The topological polar surface area (TPSA) is 87.3 Å². The molecule has 0 aliphatic carbocycles. The van der Waals surface area contributed by atoms with Crippen LogP contribution in [0.4, 0.5) is 14.9 Å². The van der Waals surface area contributed by atoms with Crippen molar-refractivity contribution >= 4 is 23.5 Å². The Kier molecular flexibility index (Phi) is 3.97. The van der Waals surface area contributed by atoms with Crippen LogP contribution in [0.2, 0.25) is 0 Å². The fraction of sp³-hybridized carbons (Fsp3) is 0.308. The number of carbonyl (C=O) groups excluding carboxylic acids is 3. The molecule has 2 rings (SSSR count). The lowest BCUT2D eigenvalue weighted by molar-refractivity contribution is -0.129. The number of imide groups is 1. The van der Waals surface area contributed by atoms with Crippen molar-refractivity contribution in [3.8, 4) is 0 Å². The molecule has 1 aliphatic heterocycles. The second kappa shape index (κ2) is 5.68. The molecule has 1 aliphatic rings. The van der Waals surface area contributed by atoms with Gasteiger partial charge in [-0.15, -0.1) is 0 Å². The lowest BCUT2D eigenvalue weighted by Crippen LogP contribution is -2.57. The van der Waals surface area contributed by atoms with Crippen molar-refractivity contribution < 1.29 is 18.8 Å². The maximum absolute atomic E-state index is 13.0. The summed E-state index contributed by atoms with van der Waals surface area (Å²) in [4.78, 5) is 34.5. The van der Waals surface area contributed by atoms with Gasteiger partial charge in [-0.05, 0) is 25.1 Å². The van der Waals surface area contributed by atoms with E-state index in [9.17, 15) is 18.8 Å². The maximum atomic E-state index is 13.0. The number of hydrogen-bond acceptors (Lipinski definition) is 3. The van der Waals surface area contributed by atoms with E-state index in [-0.39, 0.29) is 6.42 Å². The van der Waals surface area contributed by atoms with E-state index in [4.69, 9.17) is 0 Å². The number of hydrogen-bond donors (Lipinski definition) is 3. The van der Waals surface area contributed by atoms with Gasteiger partial charge in [0.25, 0.3) is 0 Å². The van der Waals surface area contributed by atoms with Crippen molar-refractivity contribution in [2.75, 3.05) is 5.32 Å². The predicted molar refractivity (Wildman–Crippen MR) is 69.3 cm³/mol. The Bertz CT molecular complexity index is 562. The first-order valence-corrected chi connectivity index (χ1v) is 6.12. The second-order valence-corrected chi connectivity index (χ2v) is 4.62. The Morgan fingerprint density at radius 3 is 2.80 bits per heavy atom. The van der Waals surface area contributed by atoms with E-state index < -0.39 is 35.6 Å². The van der Waals surface area contributed by atoms with Gasteiger partial charge in [0, 0.05) is 18.2 Å². The molecule has 106 valence electrons. The van der Waals surface area contributed by atoms with Crippen molar-refractivity contribution in [3.05, 3.63) is 30.1 Å². The van der Waals surface area contributed by atoms with Gasteiger partial charge in [-0.25, -0.2) is 9.18 Å². The third-order valence-corrected chi connectivity index (χ3v) is 3.05. The van der Waals surface area contributed by atoms with Gasteiger partial charge in [0.15, 0.2) is 0 Å². The molecule has 0 bridgehead atoms. The summed E-state index contributed by atoms with van der Waals surface area (Å²) in [6.07, 6.45) is -0.0935.